The number of anilines is 1. The van der Waals surface area contributed by atoms with Gasteiger partial charge in [-0.05, 0) is 56.7 Å². The molecule has 1 aliphatic heterocycles. The summed E-state index contributed by atoms with van der Waals surface area (Å²) >= 11 is 0. The molecule has 2 aliphatic rings. The molecule has 96 valence electrons. The number of fused-ring (bicyclic) bond motifs is 2. The highest BCUT2D eigenvalue weighted by atomic mass is 16.3. The van der Waals surface area contributed by atoms with Crippen LogP contribution in [-0.2, 0) is 10.2 Å². The maximum absolute atomic E-state index is 12.3. The van der Waals surface area contributed by atoms with Crippen LogP contribution in [0.3, 0.4) is 0 Å². The molecule has 1 aromatic carbocycles. The van der Waals surface area contributed by atoms with E-state index in [1.807, 2.05) is 19.9 Å². The molecule has 0 unspecified atom stereocenters. The summed E-state index contributed by atoms with van der Waals surface area (Å²) in [6, 6.07) is 6.17. The lowest BCUT2D eigenvalue weighted by Crippen LogP contribution is -2.43. The number of benzene rings is 1. The maximum atomic E-state index is 12.3. The molecule has 0 saturated heterocycles. The Hall–Kier alpha value is -1.35. The van der Waals surface area contributed by atoms with Crippen LogP contribution in [-0.4, -0.2) is 16.6 Å². The van der Waals surface area contributed by atoms with Crippen LogP contribution in [0.4, 0.5) is 5.69 Å². The maximum Gasteiger partial charge on any atom is 0.235 e. The predicted molar refractivity (Wildman–Crippen MR) is 70.6 cm³/mol. The highest BCUT2D eigenvalue weighted by molar-refractivity contribution is 6.06. The molecular weight excluding hydrogens is 226 g/mol. The Labute approximate surface area is 107 Å². The molecule has 1 aromatic rings. The van der Waals surface area contributed by atoms with E-state index in [1.54, 1.807) is 0 Å². The van der Waals surface area contributed by atoms with Crippen LogP contribution in [0.2, 0.25) is 0 Å². The highest BCUT2D eigenvalue weighted by Gasteiger charge is 2.50. The molecular formula is C15H19NO2. The monoisotopic (exact) mass is 245 g/mol. The summed E-state index contributed by atoms with van der Waals surface area (Å²) in [6.45, 7) is 3.89. The van der Waals surface area contributed by atoms with Crippen LogP contribution in [0.15, 0.2) is 18.2 Å². The molecule has 0 bridgehead atoms. The zero-order chi connectivity index (χ0) is 13.0. The Kier molecular flexibility index (Phi) is 2.33. The van der Waals surface area contributed by atoms with Crippen molar-refractivity contribution in [2.75, 3.05) is 5.32 Å². The number of nitrogens with one attached hydrogen (secondary N) is 1. The molecule has 1 amide bonds. The molecule has 3 rings (SSSR count). The molecule has 1 aliphatic carbocycles. The van der Waals surface area contributed by atoms with Gasteiger partial charge in [0.05, 0.1) is 11.0 Å². The summed E-state index contributed by atoms with van der Waals surface area (Å²) in [4.78, 5) is 12.3. The molecule has 1 spiro atoms. The Morgan fingerprint density at radius 2 is 1.89 bits per heavy atom. The highest BCUT2D eigenvalue weighted by Crippen LogP contribution is 2.49. The van der Waals surface area contributed by atoms with Crippen molar-refractivity contribution in [3.8, 4) is 0 Å². The van der Waals surface area contributed by atoms with Gasteiger partial charge in [0.2, 0.25) is 5.91 Å². The van der Waals surface area contributed by atoms with E-state index in [-0.39, 0.29) is 5.91 Å². The summed E-state index contributed by atoms with van der Waals surface area (Å²) in [5.41, 5.74) is 2.23. The van der Waals surface area contributed by atoms with Crippen LogP contribution < -0.4 is 5.32 Å². The number of carbonyl (C=O) groups excluding carboxylic acids is 1. The van der Waals surface area contributed by atoms with Gasteiger partial charge in [0.25, 0.3) is 0 Å². The van der Waals surface area contributed by atoms with Gasteiger partial charge in [-0.1, -0.05) is 12.1 Å². The van der Waals surface area contributed by atoms with Crippen molar-refractivity contribution in [1.82, 2.24) is 0 Å². The number of carbonyl (C=O) groups is 1. The van der Waals surface area contributed by atoms with E-state index in [9.17, 15) is 9.90 Å². The second kappa shape index (κ2) is 3.58. The van der Waals surface area contributed by atoms with Crippen molar-refractivity contribution in [3.63, 3.8) is 0 Å². The minimum Gasteiger partial charge on any atom is -0.390 e. The van der Waals surface area contributed by atoms with E-state index >= 15 is 0 Å². The Bertz CT molecular complexity index is 509. The summed E-state index contributed by atoms with van der Waals surface area (Å²) < 4.78 is 0. The number of hydrogen-bond donors (Lipinski definition) is 2. The summed E-state index contributed by atoms with van der Waals surface area (Å²) in [5, 5.41) is 13.1. The van der Waals surface area contributed by atoms with Gasteiger partial charge in [0, 0.05) is 5.69 Å². The smallest absolute Gasteiger partial charge is 0.235 e. The van der Waals surface area contributed by atoms with Crippen LogP contribution in [0.1, 0.15) is 43.7 Å². The first-order valence-corrected chi connectivity index (χ1v) is 6.58. The van der Waals surface area contributed by atoms with Gasteiger partial charge in [0.15, 0.2) is 0 Å². The standard InChI is InChI=1S/C15H19NO2/c1-10-3-4-11-12(9-10)16-13(17)15(11)7-5-14(2,18)6-8-15/h3-4,9,18H,5-8H2,1-2H3,(H,16,17). The van der Waals surface area contributed by atoms with Gasteiger partial charge >= 0.3 is 0 Å². The molecule has 0 atom stereocenters. The molecule has 0 radical (unpaired) electrons. The number of aryl methyl sites for hydroxylation is 1. The van der Waals surface area contributed by atoms with E-state index in [1.165, 1.54) is 0 Å². The number of aliphatic hydroxyl groups is 1. The molecule has 0 aromatic heterocycles. The fraction of sp³-hybridized carbons (Fsp3) is 0.533. The third kappa shape index (κ3) is 1.57. The third-order valence-corrected chi connectivity index (χ3v) is 4.55. The minimum atomic E-state index is -0.612. The van der Waals surface area contributed by atoms with Gasteiger partial charge in [-0.2, -0.15) is 0 Å². The number of amides is 1. The lowest BCUT2D eigenvalue weighted by molar-refractivity contribution is -0.123. The first-order chi connectivity index (χ1) is 8.43. The Balaban J connectivity index is 2.02. The predicted octanol–water partition coefficient (Wildman–Crippen LogP) is 2.51. The van der Waals surface area contributed by atoms with Crippen molar-refractivity contribution in [2.24, 2.45) is 0 Å². The van der Waals surface area contributed by atoms with Crippen LogP contribution in [0, 0.1) is 6.92 Å². The van der Waals surface area contributed by atoms with Gasteiger partial charge in [-0.3, -0.25) is 4.79 Å². The SMILES string of the molecule is Cc1ccc2c(c1)NC(=O)C21CCC(C)(O)CC1. The summed E-state index contributed by atoms with van der Waals surface area (Å²) in [7, 11) is 0. The first kappa shape index (κ1) is 11.7. The first-order valence-electron chi connectivity index (χ1n) is 6.58. The normalized spacial score (nSPS) is 34.5. The molecule has 1 saturated carbocycles. The molecule has 1 fully saturated rings. The lowest BCUT2D eigenvalue weighted by atomic mass is 9.66. The molecule has 1 heterocycles. The second-order valence-electron chi connectivity index (χ2n) is 6.08. The van der Waals surface area contributed by atoms with Crippen molar-refractivity contribution in [2.45, 2.75) is 50.5 Å². The van der Waals surface area contributed by atoms with E-state index in [0.717, 1.165) is 29.7 Å². The quantitative estimate of drug-likeness (QED) is 0.738. The van der Waals surface area contributed by atoms with E-state index in [4.69, 9.17) is 0 Å². The number of hydrogen-bond acceptors (Lipinski definition) is 2. The van der Waals surface area contributed by atoms with Crippen molar-refractivity contribution < 1.29 is 9.90 Å². The van der Waals surface area contributed by atoms with E-state index in [2.05, 4.69) is 17.4 Å². The van der Waals surface area contributed by atoms with Crippen molar-refractivity contribution >= 4 is 11.6 Å². The van der Waals surface area contributed by atoms with Gasteiger partial charge < -0.3 is 10.4 Å². The van der Waals surface area contributed by atoms with E-state index < -0.39 is 11.0 Å². The fourth-order valence-electron chi connectivity index (χ4n) is 3.25. The van der Waals surface area contributed by atoms with Crippen molar-refractivity contribution in [3.05, 3.63) is 29.3 Å². The Morgan fingerprint density at radius 3 is 2.56 bits per heavy atom. The largest absolute Gasteiger partial charge is 0.390 e. The summed E-state index contributed by atoms with van der Waals surface area (Å²) in [5.74, 6) is 0.110. The molecule has 3 heteroatoms. The van der Waals surface area contributed by atoms with Gasteiger partial charge in [0.1, 0.15) is 0 Å². The zero-order valence-corrected chi connectivity index (χ0v) is 10.9. The lowest BCUT2D eigenvalue weighted by Gasteiger charge is -2.39. The van der Waals surface area contributed by atoms with E-state index in [0.29, 0.717) is 12.8 Å². The molecule has 3 nitrogen and oxygen atoms in total. The molecule has 2 N–H and O–H groups in total. The van der Waals surface area contributed by atoms with Crippen LogP contribution >= 0.6 is 0 Å². The topological polar surface area (TPSA) is 49.3 Å². The Morgan fingerprint density at radius 1 is 1.22 bits per heavy atom. The van der Waals surface area contributed by atoms with Crippen LogP contribution in [0.5, 0.6) is 0 Å². The zero-order valence-electron chi connectivity index (χ0n) is 10.9. The third-order valence-electron chi connectivity index (χ3n) is 4.55. The second-order valence-corrected chi connectivity index (χ2v) is 6.08. The molecule has 18 heavy (non-hydrogen) atoms. The van der Waals surface area contributed by atoms with Crippen molar-refractivity contribution in [1.29, 1.82) is 0 Å². The van der Waals surface area contributed by atoms with Crippen LogP contribution in [0.25, 0.3) is 0 Å². The van der Waals surface area contributed by atoms with Gasteiger partial charge in [-0.15, -0.1) is 0 Å². The number of rotatable bonds is 0. The fourth-order valence-corrected chi connectivity index (χ4v) is 3.25. The van der Waals surface area contributed by atoms with Gasteiger partial charge in [-0.25, -0.2) is 0 Å². The minimum absolute atomic E-state index is 0.110. The average molecular weight is 245 g/mol. The average Bonchev–Trinajstić information content (AvgIpc) is 2.55. The summed E-state index contributed by atoms with van der Waals surface area (Å²) in [6.07, 6.45) is 2.85.